The summed E-state index contributed by atoms with van der Waals surface area (Å²) in [6.07, 6.45) is 9.70. The van der Waals surface area contributed by atoms with Crippen LogP contribution in [0.15, 0.2) is 83.2 Å². The van der Waals surface area contributed by atoms with Gasteiger partial charge in [0.05, 0.1) is 24.2 Å². The Hall–Kier alpha value is -4.19. The first-order valence-corrected chi connectivity index (χ1v) is 13.6. The molecule has 0 spiro atoms. The van der Waals surface area contributed by atoms with Crippen LogP contribution in [0.3, 0.4) is 0 Å². The molecule has 3 aromatic carbocycles. The predicted molar refractivity (Wildman–Crippen MR) is 157 cm³/mol. The molecule has 0 atom stereocenters. The minimum Gasteiger partial charge on any atom is -0.493 e. The Balaban J connectivity index is 1.51. The van der Waals surface area contributed by atoms with Gasteiger partial charge < -0.3 is 9.47 Å². The Labute approximate surface area is 229 Å². The molecule has 0 N–H and O–H groups in total. The van der Waals surface area contributed by atoms with Crippen molar-refractivity contribution in [3.05, 3.63) is 112 Å². The monoisotopic (exact) mass is 521 g/mol. The number of para-hydroxylation sites is 1. The van der Waals surface area contributed by atoms with Gasteiger partial charge >= 0.3 is 0 Å². The van der Waals surface area contributed by atoms with Crippen LogP contribution < -0.4 is 15.0 Å². The summed E-state index contributed by atoms with van der Waals surface area (Å²) < 4.78 is 13.5. The van der Waals surface area contributed by atoms with Crippen LogP contribution >= 0.6 is 0 Å². The molecule has 1 fully saturated rings. The number of hydrogen-bond acceptors (Lipinski definition) is 5. The second-order valence-electron chi connectivity index (χ2n) is 10.2. The molecule has 0 radical (unpaired) electrons. The number of allylic oxidation sites excluding steroid dienone is 1. The molecular weight excluding hydrogens is 486 g/mol. The van der Waals surface area contributed by atoms with Crippen LogP contribution in [0.4, 0.5) is 0 Å². The third kappa shape index (κ3) is 5.95. The topological polar surface area (TPSA) is 65.7 Å². The molecule has 39 heavy (non-hydrogen) atoms. The number of rotatable bonds is 9. The van der Waals surface area contributed by atoms with Gasteiger partial charge in [0.15, 0.2) is 11.5 Å². The molecule has 5 rings (SSSR count). The molecule has 0 amide bonds. The second kappa shape index (κ2) is 12.1. The Bertz CT molecular complexity index is 1550. The van der Waals surface area contributed by atoms with E-state index < -0.39 is 0 Å². The van der Waals surface area contributed by atoms with Crippen molar-refractivity contribution >= 4 is 17.1 Å². The van der Waals surface area contributed by atoms with Crippen molar-refractivity contribution in [1.82, 2.24) is 9.66 Å². The number of fused-ring (bicyclic) bond motifs is 1. The average molecular weight is 522 g/mol. The maximum absolute atomic E-state index is 13.6. The van der Waals surface area contributed by atoms with Crippen molar-refractivity contribution < 1.29 is 9.47 Å². The molecule has 1 heterocycles. The van der Waals surface area contributed by atoms with Gasteiger partial charge in [-0.1, -0.05) is 67.3 Å². The van der Waals surface area contributed by atoms with Gasteiger partial charge in [-0.25, -0.2) is 4.98 Å². The van der Waals surface area contributed by atoms with Crippen LogP contribution in [0, 0.1) is 6.92 Å². The van der Waals surface area contributed by atoms with E-state index in [9.17, 15) is 4.79 Å². The van der Waals surface area contributed by atoms with Crippen LogP contribution in [0.5, 0.6) is 11.5 Å². The van der Waals surface area contributed by atoms with E-state index in [1.54, 1.807) is 13.3 Å². The Morgan fingerprint density at radius 1 is 1.08 bits per heavy atom. The molecule has 1 aliphatic carbocycles. The number of aryl methyl sites for hydroxylation is 1. The smallest absolute Gasteiger partial charge is 0.282 e. The maximum Gasteiger partial charge on any atom is 0.282 e. The predicted octanol–water partition coefficient (Wildman–Crippen LogP) is 6.95. The molecular formula is C33H35N3O3. The lowest BCUT2D eigenvalue weighted by Crippen LogP contribution is -2.25. The first-order chi connectivity index (χ1) is 19.1. The molecule has 0 unspecified atom stereocenters. The number of nitrogens with zero attached hydrogens (tertiary/aromatic N) is 3. The van der Waals surface area contributed by atoms with Gasteiger partial charge in [-0.2, -0.15) is 9.78 Å². The van der Waals surface area contributed by atoms with Crippen LogP contribution in [0.2, 0.25) is 0 Å². The number of aromatic nitrogens is 2. The molecule has 1 saturated carbocycles. The zero-order chi connectivity index (χ0) is 27.2. The maximum atomic E-state index is 13.6. The molecule has 1 aliphatic rings. The average Bonchev–Trinajstić information content (AvgIpc) is 2.97. The zero-order valence-electron chi connectivity index (χ0n) is 22.7. The summed E-state index contributed by atoms with van der Waals surface area (Å²) in [5.74, 6) is 2.25. The standard InChI is InChI=1S/C33H35N3O3/c1-4-10-27-19-25(20-30(38-3)31(27)39-22-24-17-15-23(2)16-18-24)21-34-36-32(26-11-6-5-7-12-26)35-29-14-9-8-13-28(29)33(36)37/h4,8-9,13-21,26H,1,5-7,10-12,22H2,2-3H3. The van der Waals surface area contributed by atoms with Gasteiger partial charge in [-0.05, 0) is 61.6 Å². The molecule has 0 bridgehead atoms. The lowest BCUT2D eigenvalue weighted by atomic mass is 9.88. The molecule has 6 heteroatoms. The summed E-state index contributed by atoms with van der Waals surface area (Å²) >= 11 is 0. The highest BCUT2D eigenvalue weighted by Gasteiger charge is 2.22. The van der Waals surface area contributed by atoms with Crippen molar-refractivity contribution in [2.24, 2.45) is 5.10 Å². The molecule has 4 aromatic rings. The van der Waals surface area contributed by atoms with Crippen molar-refractivity contribution in [2.75, 3.05) is 7.11 Å². The van der Waals surface area contributed by atoms with Crippen LogP contribution in [-0.2, 0) is 13.0 Å². The lowest BCUT2D eigenvalue weighted by molar-refractivity contribution is 0.282. The van der Waals surface area contributed by atoms with Crippen LogP contribution in [0.1, 0.15) is 66.1 Å². The normalized spacial score (nSPS) is 14.1. The Morgan fingerprint density at radius 3 is 2.59 bits per heavy atom. The van der Waals surface area contributed by atoms with Crippen molar-refractivity contribution in [3.63, 3.8) is 0 Å². The largest absolute Gasteiger partial charge is 0.493 e. The molecule has 200 valence electrons. The molecule has 1 aromatic heterocycles. The van der Waals surface area contributed by atoms with Gasteiger partial charge in [0.25, 0.3) is 5.56 Å². The highest BCUT2D eigenvalue weighted by atomic mass is 16.5. The Morgan fingerprint density at radius 2 is 1.85 bits per heavy atom. The number of ether oxygens (including phenoxy) is 2. The van der Waals surface area contributed by atoms with E-state index in [0.717, 1.165) is 53.7 Å². The van der Waals surface area contributed by atoms with E-state index in [0.29, 0.717) is 29.9 Å². The van der Waals surface area contributed by atoms with E-state index in [1.807, 2.05) is 42.5 Å². The summed E-state index contributed by atoms with van der Waals surface area (Å²) in [5, 5.41) is 5.27. The highest BCUT2D eigenvalue weighted by Crippen LogP contribution is 2.34. The minimum absolute atomic E-state index is 0.145. The minimum atomic E-state index is -0.145. The molecule has 6 nitrogen and oxygen atoms in total. The van der Waals surface area contributed by atoms with Crippen molar-refractivity contribution in [2.45, 2.75) is 58.0 Å². The highest BCUT2D eigenvalue weighted by molar-refractivity contribution is 5.82. The number of benzene rings is 3. The van der Waals surface area contributed by atoms with E-state index >= 15 is 0 Å². The first kappa shape index (κ1) is 26.4. The third-order valence-electron chi connectivity index (χ3n) is 7.31. The van der Waals surface area contributed by atoms with Gasteiger partial charge in [0.1, 0.15) is 12.4 Å². The summed E-state index contributed by atoms with van der Waals surface area (Å²) in [6, 6.07) is 19.7. The van der Waals surface area contributed by atoms with Gasteiger partial charge in [-0.3, -0.25) is 4.79 Å². The van der Waals surface area contributed by atoms with Crippen LogP contribution in [-0.4, -0.2) is 23.0 Å². The van der Waals surface area contributed by atoms with E-state index in [4.69, 9.17) is 19.6 Å². The van der Waals surface area contributed by atoms with Gasteiger partial charge in [0.2, 0.25) is 0 Å². The molecule has 0 saturated heterocycles. The van der Waals surface area contributed by atoms with E-state index in [-0.39, 0.29) is 11.5 Å². The number of hydrogen-bond donors (Lipinski definition) is 0. The van der Waals surface area contributed by atoms with Crippen molar-refractivity contribution in [3.8, 4) is 11.5 Å². The Kier molecular flexibility index (Phi) is 8.21. The lowest BCUT2D eigenvalue weighted by Gasteiger charge is -2.22. The summed E-state index contributed by atoms with van der Waals surface area (Å²) in [6.45, 7) is 6.42. The zero-order valence-corrected chi connectivity index (χ0v) is 22.7. The summed E-state index contributed by atoms with van der Waals surface area (Å²) in [5.41, 5.74) is 4.61. The second-order valence-corrected chi connectivity index (χ2v) is 10.2. The fourth-order valence-electron chi connectivity index (χ4n) is 5.22. The fourth-order valence-corrected chi connectivity index (χ4v) is 5.22. The molecule has 0 aliphatic heterocycles. The van der Waals surface area contributed by atoms with Crippen LogP contribution in [0.25, 0.3) is 10.9 Å². The van der Waals surface area contributed by atoms with Gasteiger partial charge in [-0.15, -0.1) is 6.58 Å². The van der Waals surface area contributed by atoms with E-state index in [1.165, 1.54) is 16.7 Å². The van der Waals surface area contributed by atoms with E-state index in [2.05, 4.69) is 37.8 Å². The quantitative estimate of drug-likeness (QED) is 0.177. The SMILES string of the molecule is C=CCc1cc(C=Nn2c(C3CCCCC3)nc3ccccc3c2=O)cc(OC)c1OCc1ccc(C)cc1. The first-order valence-electron chi connectivity index (χ1n) is 13.6. The fraction of sp³-hybridized carbons (Fsp3) is 0.303. The number of methoxy groups -OCH3 is 1. The van der Waals surface area contributed by atoms with Crippen molar-refractivity contribution in [1.29, 1.82) is 0 Å². The third-order valence-corrected chi connectivity index (χ3v) is 7.31. The van der Waals surface area contributed by atoms with Gasteiger partial charge in [0, 0.05) is 11.5 Å². The summed E-state index contributed by atoms with van der Waals surface area (Å²) in [7, 11) is 1.63. The summed E-state index contributed by atoms with van der Waals surface area (Å²) in [4.78, 5) is 18.5.